The Bertz CT molecular complexity index is 770. The minimum absolute atomic E-state index is 0.0883. The Morgan fingerprint density at radius 2 is 2.25 bits per heavy atom. The van der Waals surface area contributed by atoms with Crippen LogP contribution in [0.15, 0.2) is 27.6 Å². The van der Waals surface area contributed by atoms with E-state index < -0.39 is 5.41 Å². The van der Waals surface area contributed by atoms with Gasteiger partial charge >= 0.3 is 0 Å². The number of thiophene rings is 1. The summed E-state index contributed by atoms with van der Waals surface area (Å²) in [6.07, 6.45) is 3.89. The molecule has 24 heavy (non-hydrogen) atoms. The van der Waals surface area contributed by atoms with Crippen molar-refractivity contribution in [1.82, 2.24) is 10.1 Å². The van der Waals surface area contributed by atoms with E-state index in [9.17, 15) is 9.59 Å². The fourth-order valence-corrected chi connectivity index (χ4v) is 4.47. The zero-order valence-electron chi connectivity index (χ0n) is 13.5. The minimum atomic E-state index is -0.444. The molecule has 1 spiro atoms. The van der Waals surface area contributed by atoms with Gasteiger partial charge in [-0.05, 0) is 37.6 Å². The molecule has 0 aliphatic carbocycles. The van der Waals surface area contributed by atoms with Crippen molar-refractivity contribution >= 4 is 28.8 Å². The molecule has 2 aliphatic heterocycles. The number of rotatable bonds is 2. The molecule has 2 aliphatic rings. The first-order chi connectivity index (χ1) is 11.6. The molecule has 6 nitrogen and oxygen atoms in total. The van der Waals surface area contributed by atoms with Crippen LogP contribution in [0.5, 0.6) is 0 Å². The highest BCUT2D eigenvalue weighted by Gasteiger charge is 2.50. The van der Waals surface area contributed by atoms with Gasteiger partial charge in [0.05, 0.1) is 16.8 Å². The van der Waals surface area contributed by atoms with Gasteiger partial charge in [-0.1, -0.05) is 5.16 Å². The molecular weight excluding hydrogens is 326 g/mol. The van der Waals surface area contributed by atoms with Gasteiger partial charge in [-0.25, -0.2) is 0 Å². The molecule has 1 atom stereocenters. The lowest BCUT2D eigenvalue weighted by atomic mass is 9.78. The quantitative estimate of drug-likeness (QED) is 0.839. The Morgan fingerprint density at radius 3 is 2.96 bits per heavy atom. The molecule has 0 saturated carbocycles. The number of piperidine rings is 1. The maximum absolute atomic E-state index is 13.1. The highest BCUT2D eigenvalue weighted by molar-refractivity contribution is 7.08. The zero-order chi connectivity index (χ0) is 16.7. The van der Waals surface area contributed by atoms with Gasteiger partial charge in [-0.2, -0.15) is 11.3 Å². The second kappa shape index (κ2) is 5.73. The first-order valence-electron chi connectivity index (χ1n) is 8.15. The van der Waals surface area contributed by atoms with Crippen LogP contribution in [-0.2, 0) is 4.79 Å². The van der Waals surface area contributed by atoms with Gasteiger partial charge < -0.3 is 14.3 Å². The van der Waals surface area contributed by atoms with E-state index in [1.807, 2.05) is 21.7 Å². The highest BCUT2D eigenvalue weighted by atomic mass is 32.1. The summed E-state index contributed by atoms with van der Waals surface area (Å²) < 4.78 is 4.89. The van der Waals surface area contributed by atoms with Crippen LogP contribution in [0.25, 0.3) is 0 Å². The monoisotopic (exact) mass is 345 g/mol. The summed E-state index contributed by atoms with van der Waals surface area (Å²) in [5, 5.41) is 7.77. The van der Waals surface area contributed by atoms with Crippen LogP contribution in [0.1, 0.15) is 35.3 Å². The Labute approximate surface area is 144 Å². The Balaban J connectivity index is 1.56. The van der Waals surface area contributed by atoms with Crippen LogP contribution < -0.4 is 4.90 Å². The summed E-state index contributed by atoms with van der Waals surface area (Å²) in [5.41, 5.74) is 1.62. The van der Waals surface area contributed by atoms with Crippen molar-refractivity contribution in [2.45, 2.75) is 26.2 Å². The van der Waals surface area contributed by atoms with E-state index in [0.29, 0.717) is 24.3 Å². The smallest absolute Gasteiger partial charge is 0.259 e. The molecule has 0 radical (unpaired) electrons. The second-order valence-electron chi connectivity index (χ2n) is 6.61. The number of carbonyl (C=O) groups is 2. The summed E-state index contributed by atoms with van der Waals surface area (Å²) in [6, 6.07) is 1.98. The topological polar surface area (TPSA) is 66.7 Å². The molecule has 2 aromatic rings. The number of aromatic nitrogens is 1. The number of hydrogen-bond acceptors (Lipinski definition) is 5. The van der Waals surface area contributed by atoms with Crippen LogP contribution >= 0.6 is 11.3 Å². The summed E-state index contributed by atoms with van der Waals surface area (Å²) >= 11 is 1.59. The van der Waals surface area contributed by atoms with Crippen molar-refractivity contribution < 1.29 is 14.1 Å². The van der Waals surface area contributed by atoms with Gasteiger partial charge in [0.2, 0.25) is 5.91 Å². The number of nitrogens with zero attached hydrogens (tertiary/aromatic N) is 3. The summed E-state index contributed by atoms with van der Waals surface area (Å²) in [4.78, 5) is 29.5. The molecule has 4 heterocycles. The summed E-state index contributed by atoms with van der Waals surface area (Å²) in [6.45, 7) is 3.65. The molecule has 0 aromatic carbocycles. The average Bonchev–Trinajstić information content (AvgIpc) is 3.31. The zero-order valence-corrected chi connectivity index (χ0v) is 14.3. The summed E-state index contributed by atoms with van der Waals surface area (Å²) in [5.74, 6) is 0.0649. The molecule has 0 bridgehead atoms. The second-order valence-corrected chi connectivity index (χ2v) is 7.39. The van der Waals surface area contributed by atoms with E-state index in [1.165, 1.54) is 6.26 Å². The third kappa shape index (κ3) is 2.34. The maximum Gasteiger partial charge on any atom is 0.259 e. The minimum Gasteiger partial charge on any atom is -0.364 e. The number of amides is 2. The van der Waals surface area contributed by atoms with Gasteiger partial charge in [-0.3, -0.25) is 9.59 Å². The average molecular weight is 345 g/mol. The molecule has 2 aromatic heterocycles. The molecule has 2 fully saturated rings. The van der Waals surface area contributed by atoms with Crippen LogP contribution in [0.2, 0.25) is 0 Å². The van der Waals surface area contributed by atoms with E-state index in [4.69, 9.17) is 4.52 Å². The van der Waals surface area contributed by atoms with Gasteiger partial charge in [0.1, 0.15) is 11.8 Å². The van der Waals surface area contributed by atoms with Crippen LogP contribution in [0.4, 0.5) is 5.69 Å². The number of aryl methyl sites for hydroxylation is 1. The lowest BCUT2D eigenvalue weighted by Crippen LogP contribution is -2.50. The van der Waals surface area contributed by atoms with Gasteiger partial charge in [0, 0.05) is 25.0 Å². The van der Waals surface area contributed by atoms with Crippen molar-refractivity contribution in [3.05, 3.63) is 34.3 Å². The van der Waals surface area contributed by atoms with Crippen LogP contribution in [0.3, 0.4) is 0 Å². The molecule has 0 unspecified atom stereocenters. The van der Waals surface area contributed by atoms with Crippen LogP contribution in [0, 0.1) is 12.3 Å². The van der Waals surface area contributed by atoms with Gasteiger partial charge in [0.15, 0.2) is 0 Å². The number of likely N-dealkylation sites (tertiary alicyclic amines) is 1. The van der Waals surface area contributed by atoms with Crippen molar-refractivity contribution in [1.29, 1.82) is 0 Å². The SMILES string of the molecule is Cc1nocc1C(=O)N1CCC[C@@]2(CCN(c3ccsc3)C2=O)C1. The third-order valence-corrected chi connectivity index (χ3v) is 5.85. The molecule has 7 heteroatoms. The summed E-state index contributed by atoms with van der Waals surface area (Å²) in [7, 11) is 0. The normalized spacial score (nSPS) is 24.1. The molecule has 126 valence electrons. The van der Waals surface area contributed by atoms with Crippen molar-refractivity contribution in [3.63, 3.8) is 0 Å². The predicted octanol–water partition coefficient (Wildman–Crippen LogP) is 2.70. The fraction of sp³-hybridized carbons (Fsp3) is 0.471. The number of hydrogen-bond donors (Lipinski definition) is 0. The van der Waals surface area contributed by atoms with E-state index in [2.05, 4.69) is 5.16 Å². The Hall–Kier alpha value is -2.15. The molecule has 2 saturated heterocycles. The van der Waals surface area contributed by atoms with E-state index >= 15 is 0 Å². The van der Waals surface area contributed by atoms with Crippen molar-refractivity contribution in [2.75, 3.05) is 24.5 Å². The van der Waals surface area contributed by atoms with Gasteiger partial charge in [0.25, 0.3) is 5.91 Å². The third-order valence-electron chi connectivity index (χ3n) is 5.18. The fourth-order valence-electron chi connectivity index (χ4n) is 3.83. The lowest BCUT2D eigenvalue weighted by molar-refractivity contribution is -0.127. The number of carbonyl (C=O) groups excluding carboxylic acids is 2. The molecule has 4 rings (SSSR count). The van der Waals surface area contributed by atoms with E-state index in [0.717, 1.165) is 31.5 Å². The largest absolute Gasteiger partial charge is 0.364 e. The number of anilines is 1. The van der Waals surface area contributed by atoms with E-state index in [1.54, 1.807) is 23.2 Å². The standard InChI is InChI=1S/C17H19N3O3S/c1-12-14(9-23-18-12)15(21)19-6-2-4-17(11-19)5-7-20(16(17)22)13-3-8-24-10-13/h3,8-10H,2,4-7,11H2,1H3/t17-/m1/s1. The lowest BCUT2D eigenvalue weighted by Gasteiger charge is -2.38. The van der Waals surface area contributed by atoms with Gasteiger partial charge in [-0.15, -0.1) is 0 Å². The predicted molar refractivity (Wildman–Crippen MR) is 90.1 cm³/mol. The van der Waals surface area contributed by atoms with Crippen molar-refractivity contribution in [3.8, 4) is 0 Å². The Kier molecular flexibility index (Phi) is 3.68. The highest BCUT2D eigenvalue weighted by Crippen LogP contribution is 2.42. The molecule has 0 N–H and O–H groups in total. The first-order valence-corrected chi connectivity index (χ1v) is 9.09. The van der Waals surface area contributed by atoms with Crippen molar-refractivity contribution in [2.24, 2.45) is 5.41 Å². The van der Waals surface area contributed by atoms with E-state index in [-0.39, 0.29) is 11.8 Å². The maximum atomic E-state index is 13.1. The first kappa shape index (κ1) is 15.4. The van der Waals surface area contributed by atoms with Crippen LogP contribution in [-0.4, -0.2) is 41.5 Å². The molecule has 2 amide bonds. The molecular formula is C17H19N3O3S. The Morgan fingerprint density at radius 1 is 1.38 bits per heavy atom.